The molecule has 0 fully saturated rings. The lowest BCUT2D eigenvalue weighted by molar-refractivity contribution is -0.385. The van der Waals surface area contributed by atoms with Gasteiger partial charge in [-0.15, -0.1) is 10.2 Å². The third kappa shape index (κ3) is 4.65. The van der Waals surface area contributed by atoms with E-state index in [9.17, 15) is 10.1 Å². The Morgan fingerprint density at radius 2 is 1.93 bits per heavy atom. The molecule has 3 rings (SSSR count). The van der Waals surface area contributed by atoms with E-state index < -0.39 is 0 Å². The molecule has 0 aliphatic heterocycles. The van der Waals surface area contributed by atoms with Crippen molar-refractivity contribution < 1.29 is 9.66 Å². The second-order valence-corrected chi connectivity index (χ2v) is 7.01. The molecular formula is C18H17ClN4O3S. The van der Waals surface area contributed by atoms with Gasteiger partial charge in [0.2, 0.25) is 0 Å². The summed E-state index contributed by atoms with van der Waals surface area (Å²) in [4.78, 5) is 10.8. The lowest BCUT2D eigenvalue weighted by Crippen LogP contribution is -2.07. The minimum atomic E-state index is -0.370. The summed E-state index contributed by atoms with van der Waals surface area (Å²) in [5.41, 5.74) is 1.63. The third-order valence-corrected chi connectivity index (χ3v) is 5.15. The number of benzene rings is 2. The van der Waals surface area contributed by atoms with E-state index in [1.807, 2.05) is 16.7 Å². The molecule has 0 unspecified atom stereocenters. The topological polar surface area (TPSA) is 83.1 Å². The van der Waals surface area contributed by atoms with E-state index in [4.69, 9.17) is 16.3 Å². The number of ether oxygens (including phenoxy) is 1. The molecule has 0 spiro atoms. The van der Waals surface area contributed by atoms with Gasteiger partial charge in [-0.1, -0.05) is 41.6 Å². The van der Waals surface area contributed by atoms with Crippen molar-refractivity contribution in [1.29, 1.82) is 0 Å². The zero-order chi connectivity index (χ0) is 19.2. The molecule has 0 atom stereocenters. The lowest BCUT2D eigenvalue weighted by Gasteiger charge is -2.10. The fourth-order valence-electron chi connectivity index (χ4n) is 2.55. The summed E-state index contributed by atoms with van der Waals surface area (Å²) in [5.74, 6) is 1.12. The lowest BCUT2D eigenvalue weighted by atomic mass is 10.2. The monoisotopic (exact) mass is 404 g/mol. The van der Waals surface area contributed by atoms with E-state index in [-0.39, 0.29) is 10.6 Å². The van der Waals surface area contributed by atoms with Crippen LogP contribution in [0.3, 0.4) is 0 Å². The van der Waals surface area contributed by atoms with Crippen LogP contribution >= 0.6 is 23.4 Å². The molecule has 0 saturated heterocycles. The maximum atomic E-state index is 11.2. The number of halogens is 1. The second-order valence-electron chi connectivity index (χ2n) is 5.63. The van der Waals surface area contributed by atoms with Crippen LogP contribution in [0.1, 0.15) is 5.56 Å². The van der Waals surface area contributed by atoms with Crippen molar-refractivity contribution in [2.24, 2.45) is 0 Å². The first-order chi connectivity index (χ1) is 13.1. The zero-order valence-corrected chi connectivity index (χ0v) is 16.1. The van der Waals surface area contributed by atoms with Gasteiger partial charge in [-0.05, 0) is 24.3 Å². The highest BCUT2D eigenvalue weighted by Gasteiger charge is 2.17. The van der Waals surface area contributed by atoms with Crippen molar-refractivity contribution >= 4 is 29.1 Å². The van der Waals surface area contributed by atoms with Gasteiger partial charge in [0.25, 0.3) is 5.69 Å². The molecule has 140 valence electrons. The second kappa shape index (κ2) is 8.98. The van der Waals surface area contributed by atoms with Crippen LogP contribution in [-0.2, 0) is 17.0 Å². The van der Waals surface area contributed by atoms with E-state index >= 15 is 0 Å². The summed E-state index contributed by atoms with van der Waals surface area (Å²) in [5, 5.41) is 21.1. The highest BCUT2D eigenvalue weighted by molar-refractivity contribution is 7.98. The van der Waals surface area contributed by atoms with E-state index in [0.29, 0.717) is 40.5 Å². The number of hydrogen-bond donors (Lipinski definition) is 0. The number of nitro groups is 1. The Labute approximate surface area is 165 Å². The Bertz CT molecular complexity index is 931. The maximum absolute atomic E-state index is 11.2. The number of nitrogens with zero attached hydrogens (tertiary/aromatic N) is 4. The number of rotatable bonds is 8. The van der Waals surface area contributed by atoms with Crippen LogP contribution in [0, 0.1) is 10.1 Å². The SMILES string of the molecule is COCCn1c(SCc2ccccc2[N+](=O)[O-])nnc1-c1ccc(Cl)cc1. The molecule has 1 aromatic heterocycles. The maximum Gasteiger partial charge on any atom is 0.273 e. The molecule has 0 radical (unpaired) electrons. The van der Waals surface area contributed by atoms with E-state index in [1.54, 1.807) is 37.4 Å². The number of para-hydroxylation sites is 1. The average molecular weight is 405 g/mol. The van der Waals surface area contributed by atoms with Crippen LogP contribution in [0.5, 0.6) is 0 Å². The number of thioether (sulfide) groups is 1. The molecule has 1 heterocycles. The van der Waals surface area contributed by atoms with Gasteiger partial charge in [-0.3, -0.25) is 14.7 Å². The number of nitro benzene ring substituents is 1. The molecule has 0 aliphatic rings. The van der Waals surface area contributed by atoms with Gasteiger partial charge in [0.1, 0.15) is 0 Å². The van der Waals surface area contributed by atoms with Crippen molar-refractivity contribution in [1.82, 2.24) is 14.8 Å². The van der Waals surface area contributed by atoms with Crippen LogP contribution < -0.4 is 0 Å². The van der Waals surface area contributed by atoms with Gasteiger partial charge in [0.05, 0.1) is 18.1 Å². The van der Waals surface area contributed by atoms with Crippen LogP contribution in [-0.4, -0.2) is 33.4 Å². The summed E-state index contributed by atoms with van der Waals surface area (Å²) in [6.07, 6.45) is 0. The van der Waals surface area contributed by atoms with Crippen molar-refractivity contribution in [3.05, 3.63) is 69.2 Å². The first-order valence-corrected chi connectivity index (χ1v) is 9.49. The highest BCUT2D eigenvalue weighted by atomic mass is 35.5. The summed E-state index contributed by atoms with van der Waals surface area (Å²) in [6, 6.07) is 14.1. The van der Waals surface area contributed by atoms with Crippen LogP contribution in [0.25, 0.3) is 11.4 Å². The summed E-state index contributed by atoms with van der Waals surface area (Å²) in [6.45, 7) is 1.07. The molecule has 27 heavy (non-hydrogen) atoms. The molecule has 0 aliphatic carbocycles. The molecule has 0 bridgehead atoms. The van der Waals surface area contributed by atoms with E-state index in [2.05, 4.69) is 10.2 Å². The Hall–Kier alpha value is -2.42. The largest absolute Gasteiger partial charge is 0.383 e. The highest BCUT2D eigenvalue weighted by Crippen LogP contribution is 2.29. The van der Waals surface area contributed by atoms with Crippen molar-refractivity contribution in [2.45, 2.75) is 17.5 Å². The fourth-order valence-corrected chi connectivity index (χ4v) is 3.63. The quantitative estimate of drug-likeness (QED) is 0.313. The van der Waals surface area contributed by atoms with Gasteiger partial charge >= 0.3 is 0 Å². The Kier molecular flexibility index (Phi) is 6.44. The van der Waals surface area contributed by atoms with Crippen LogP contribution in [0.2, 0.25) is 5.02 Å². The van der Waals surface area contributed by atoms with Gasteiger partial charge in [-0.2, -0.15) is 0 Å². The first kappa shape index (κ1) is 19.3. The molecule has 3 aromatic rings. The van der Waals surface area contributed by atoms with Crippen molar-refractivity contribution in [2.75, 3.05) is 13.7 Å². The van der Waals surface area contributed by atoms with Gasteiger partial charge in [0.15, 0.2) is 11.0 Å². The molecule has 7 nitrogen and oxygen atoms in total. The third-order valence-electron chi connectivity index (χ3n) is 3.88. The molecular weight excluding hydrogens is 388 g/mol. The predicted octanol–water partition coefficient (Wildman–Crippen LogP) is 4.45. The van der Waals surface area contributed by atoms with E-state index in [1.165, 1.54) is 17.8 Å². The molecule has 0 saturated carbocycles. The fraction of sp³-hybridized carbons (Fsp3) is 0.222. The minimum Gasteiger partial charge on any atom is -0.383 e. The molecule has 2 aromatic carbocycles. The smallest absolute Gasteiger partial charge is 0.273 e. The first-order valence-electron chi connectivity index (χ1n) is 8.13. The van der Waals surface area contributed by atoms with E-state index in [0.717, 1.165) is 5.56 Å². The summed E-state index contributed by atoms with van der Waals surface area (Å²) in [7, 11) is 1.63. The normalized spacial score (nSPS) is 10.9. The van der Waals surface area contributed by atoms with Crippen molar-refractivity contribution in [3.8, 4) is 11.4 Å². The van der Waals surface area contributed by atoms with Crippen LogP contribution in [0.15, 0.2) is 53.7 Å². The Morgan fingerprint density at radius 1 is 1.19 bits per heavy atom. The van der Waals surface area contributed by atoms with Gasteiger partial charge in [0, 0.05) is 35.1 Å². The van der Waals surface area contributed by atoms with Gasteiger partial charge < -0.3 is 4.74 Å². The zero-order valence-electron chi connectivity index (χ0n) is 14.5. The van der Waals surface area contributed by atoms with Crippen LogP contribution in [0.4, 0.5) is 5.69 Å². The minimum absolute atomic E-state index is 0.103. The predicted molar refractivity (Wildman–Crippen MR) is 105 cm³/mol. The van der Waals surface area contributed by atoms with Crippen molar-refractivity contribution in [3.63, 3.8) is 0 Å². The molecule has 0 amide bonds. The number of aromatic nitrogens is 3. The molecule has 9 heteroatoms. The van der Waals surface area contributed by atoms with Gasteiger partial charge in [-0.25, -0.2) is 0 Å². The number of hydrogen-bond acceptors (Lipinski definition) is 6. The summed E-state index contributed by atoms with van der Waals surface area (Å²) < 4.78 is 7.15. The Balaban J connectivity index is 1.87. The summed E-state index contributed by atoms with van der Waals surface area (Å²) >= 11 is 7.37. The average Bonchev–Trinajstić information content (AvgIpc) is 3.08. The number of methoxy groups -OCH3 is 1. The Morgan fingerprint density at radius 3 is 2.63 bits per heavy atom. The molecule has 0 N–H and O–H groups in total. The standard InChI is InChI=1S/C18H17ClN4O3S/c1-26-11-10-22-17(13-6-8-15(19)9-7-13)20-21-18(22)27-12-14-4-2-3-5-16(14)23(24)25/h2-9H,10-12H2,1H3.